The van der Waals surface area contributed by atoms with Crippen molar-refractivity contribution in [2.45, 2.75) is 13.1 Å². The van der Waals surface area contributed by atoms with E-state index in [1.165, 1.54) is 54.2 Å². The summed E-state index contributed by atoms with van der Waals surface area (Å²) in [4.78, 5) is 2.19. The Morgan fingerprint density at radius 3 is 1.91 bits per heavy atom. The molecule has 32 heavy (non-hydrogen) atoms. The fourth-order valence-corrected chi connectivity index (χ4v) is 5.24. The van der Waals surface area contributed by atoms with Crippen LogP contribution in [0.4, 0.5) is 0 Å². The molecule has 0 aliphatic heterocycles. The topological polar surface area (TPSA) is 3.24 Å². The molecule has 0 spiro atoms. The molecule has 0 aliphatic carbocycles. The van der Waals surface area contributed by atoms with Gasteiger partial charge in [-0.2, -0.15) is 0 Å². The van der Waals surface area contributed by atoms with E-state index < -0.39 is 0 Å². The van der Waals surface area contributed by atoms with Crippen LogP contribution >= 0.6 is 24.8 Å². The van der Waals surface area contributed by atoms with Crippen molar-refractivity contribution in [3.05, 3.63) is 108 Å². The van der Waals surface area contributed by atoms with Crippen LogP contribution in [0.15, 0.2) is 97.1 Å². The molecule has 1 nitrogen and oxygen atoms in total. The van der Waals surface area contributed by atoms with E-state index in [4.69, 9.17) is 12.2 Å². The van der Waals surface area contributed by atoms with Gasteiger partial charge in [0.05, 0.1) is 0 Å². The van der Waals surface area contributed by atoms with Gasteiger partial charge in [0.15, 0.2) is 0 Å². The Bertz CT molecular complexity index is 1600. The van der Waals surface area contributed by atoms with Gasteiger partial charge in [0.25, 0.3) is 0 Å². The normalized spacial score (nSPS) is 11.7. The SMILES string of the molecule is S=C(S)N(Cc1cccc2ccccc12)Cc1ccc2ccc3cccc4ccc1c2c34. The van der Waals surface area contributed by atoms with E-state index in [0.29, 0.717) is 4.32 Å². The molecule has 0 aliphatic rings. The van der Waals surface area contributed by atoms with E-state index in [9.17, 15) is 0 Å². The molecule has 0 unspecified atom stereocenters. The first-order valence-corrected chi connectivity index (χ1v) is 11.6. The molecule has 0 saturated carbocycles. The summed E-state index contributed by atoms with van der Waals surface area (Å²) < 4.78 is 0.614. The zero-order valence-corrected chi connectivity index (χ0v) is 19.2. The quantitative estimate of drug-likeness (QED) is 0.166. The molecule has 6 rings (SSSR count). The number of thiol groups is 1. The Morgan fingerprint density at radius 1 is 0.562 bits per heavy atom. The molecule has 0 atom stereocenters. The summed E-state index contributed by atoms with van der Waals surface area (Å²) in [6.45, 7) is 1.45. The lowest BCUT2D eigenvalue weighted by atomic mass is 9.92. The number of nitrogens with zero attached hydrogens (tertiary/aromatic N) is 1. The molecule has 3 heteroatoms. The summed E-state index contributed by atoms with van der Waals surface area (Å²) >= 11 is 10.2. The van der Waals surface area contributed by atoms with E-state index >= 15 is 0 Å². The first kappa shape index (κ1) is 19.5. The minimum absolute atomic E-state index is 0.614. The molecular formula is C29H21NS2. The third-order valence-electron chi connectivity index (χ3n) is 6.49. The highest BCUT2D eigenvalue weighted by atomic mass is 32.1. The Hall–Kier alpha value is -3.14. The average molecular weight is 448 g/mol. The van der Waals surface area contributed by atoms with Crippen molar-refractivity contribution in [3.8, 4) is 0 Å². The number of benzene rings is 6. The highest BCUT2D eigenvalue weighted by Crippen LogP contribution is 2.36. The molecule has 0 aromatic heterocycles. The third-order valence-corrected chi connectivity index (χ3v) is 7.03. The highest BCUT2D eigenvalue weighted by molar-refractivity contribution is 8.10. The fourth-order valence-electron chi connectivity index (χ4n) is 4.97. The van der Waals surface area contributed by atoms with Crippen LogP contribution in [0.1, 0.15) is 11.1 Å². The number of hydrogen-bond acceptors (Lipinski definition) is 1. The van der Waals surface area contributed by atoms with Crippen LogP contribution in [0.2, 0.25) is 0 Å². The zero-order chi connectivity index (χ0) is 21.7. The molecule has 0 amide bonds. The Labute approximate surface area is 198 Å². The maximum Gasteiger partial charge on any atom is 0.133 e. The van der Waals surface area contributed by atoms with Crippen LogP contribution in [-0.2, 0) is 13.1 Å². The maximum atomic E-state index is 5.57. The Kier molecular flexibility index (Phi) is 4.74. The van der Waals surface area contributed by atoms with Crippen LogP contribution in [0.3, 0.4) is 0 Å². The number of hydrogen-bond donors (Lipinski definition) is 1. The second-order valence-corrected chi connectivity index (χ2v) is 9.47. The predicted octanol–water partition coefficient (Wildman–Crippen LogP) is 7.95. The van der Waals surface area contributed by atoms with Crippen LogP contribution in [0.5, 0.6) is 0 Å². The molecule has 154 valence electrons. The van der Waals surface area contributed by atoms with Crippen LogP contribution in [0.25, 0.3) is 43.1 Å². The van der Waals surface area contributed by atoms with Gasteiger partial charge in [0, 0.05) is 13.1 Å². The molecule has 0 saturated heterocycles. The molecule has 0 fully saturated rings. The summed E-state index contributed by atoms with van der Waals surface area (Å²) in [5.41, 5.74) is 2.53. The molecule has 0 radical (unpaired) electrons. The molecule has 6 aromatic rings. The van der Waals surface area contributed by atoms with Crippen LogP contribution in [0, 0.1) is 0 Å². The van der Waals surface area contributed by atoms with Gasteiger partial charge in [0.2, 0.25) is 0 Å². The highest BCUT2D eigenvalue weighted by Gasteiger charge is 2.15. The molecular weight excluding hydrogens is 426 g/mol. The fraction of sp³-hybridized carbons (Fsp3) is 0.0690. The Morgan fingerprint density at radius 2 is 1.12 bits per heavy atom. The lowest BCUT2D eigenvalue weighted by molar-refractivity contribution is 0.425. The van der Waals surface area contributed by atoms with Gasteiger partial charge in [-0.1, -0.05) is 109 Å². The van der Waals surface area contributed by atoms with Crippen molar-refractivity contribution in [2.24, 2.45) is 0 Å². The monoisotopic (exact) mass is 447 g/mol. The summed E-state index contributed by atoms with van der Waals surface area (Å²) in [6.07, 6.45) is 0. The molecule has 0 bridgehead atoms. The molecule has 0 heterocycles. The van der Waals surface area contributed by atoms with Crippen LogP contribution < -0.4 is 0 Å². The minimum atomic E-state index is 0.614. The first-order chi connectivity index (χ1) is 15.7. The van der Waals surface area contributed by atoms with Crippen molar-refractivity contribution in [1.82, 2.24) is 4.90 Å². The zero-order valence-electron chi connectivity index (χ0n) is 17.5. The van der Waals surface area contributed by atoms with Gasteiger partial charge in [-0.3, -0.25) is 0 Å². The van der Waals surface area contributed by atoms with E-state index in [1.807, 2.05) is 0 Å². The molecule has 0 N–H and O–H groups in total. The predicted molar refractivity (Wildman–Crippen MR) is 145 cm³/mol. The summed E-state index contributed by atoms with van der Waals surface area (Å²) in [5.74, 6) is 0. The summed E-state index contributed by atoms with van der Waals surface area (Å²) in [5, 5.41) is 10.3. The van der Waals surface area contributed by atoms with Crippen molar-refractivity contribution in [3.63, 3.8) is 0 Å². The maximum absolute atomic E-state index is 5.57. The smallest absolute Gasteiger partial charge is 0.133 e. The van der Waals surface area contributed by atoms with Crippen LogP contribution in [-0.4, -0.2) is 9.22 Å². The average Bonchev–Trinajstić information content (AvgIpc) is 2.83. The van der Waals surface area contributed by atoms with Crippen molar-refractivity contribution in [1.29, 1.82) is 0 Å². The van der Waals surface area contributed by atoms with Crippen molar-refractivity contribution in [2.75, 3.05) is 0 Å². The lowest BCUT2D eigenvalue weighted by Crippen LogP contribution is -2.25. The van der Waals surface area contributed by atoms with Crippen molar-refractivity contribution >= 4 is 72.3 Å². The first-order valence-electron chi connectivity index (χ1n) is 10.8. The lowest BCUT2D eigenvalue weighted by Gasteiger charge is -2.25. The standard InChI is InChI=1S/C29H21NS2/c31-29(32)30(17-23-9-3-6-19-5-1-2-10-25(19)23)18-24-14-13-22-12-11-20-7-4-8-21-15-16-26(24)28(22)27(20)21/h1-16H,17-18H2,(H,31,32). The molecule has 6 aromatic carbocycles. The van der Waals surface area contributed by atoms with Gasteiger partial charge >= 0.3 is 0 Å². The Balaban J connectivity index is 1.45. The van der Waals surface area contributed by atoms with Gasteiger partial charge in [-0.25, -0.2) is 0 Å². The second-order valence-electron chi connectivity index (χ2n) is 8.36. The van der Waals surface area contributed by atoms with E-state index in [2.05, 4.69) is 115 Å². The van der Waals surface area contributed by atoms with Gasteiger partial charge in [0.1, 0.15) is 4.32 Å². The summed E-state index contributed by atoms with van der Waals surface area (Å²) in [6, 6.07) is 34.9. The third kappa shape index (κ3) is 3.21. The minimum Gasteiger partial charge on any atom is -0.349 e. The van der Waals surface area contributed by atoms with E-state index in [0.717, 1.165) is 13.1 Å². The van der Waals surface area contributed by atoms with E-state index in [-0.39, 0.29) is 0 Å². The van der Waals surface area contributed by atoms with Gasteiger partial charge in [-0.05, 0) is 54.2 Å². The second kappa shape index (κ2) is 7.77. The largest absolute Gasteiger partial charge is 0.349 e. The summed E-state index contributed by atoms with van der Waals surface area (Å²) in [7, 11) is 0. The number of thiocarbonyl (C=S) groups is 1. The van der Waals surface area contributed by atoms with E-state index in [1.54, 1.807) is 0 Å². The van der Waals surface area contributed by atoms with Gasteiger partial charge < -0.3 is 4.90 Å². The van der Waals surface area contributed by atoms with Crippen molar-refractivity contribution < 1.29 is 0 Å². The number of fused-ring (bicyclic) bond motifs is 1. The van der Waals surface area contributed by atoms with Gasteiger partial charge in [-0.15, -0.1) is 12.6 Å². The number of rotatable bonds is 4.